The molecule has 2 unspecified atom stereocenters. The lowest BCUT2D eigenvalue weighted by molar-refractivity contribution is -0.0387. The highest BCUT2D eigenvalue weighted by molar-refractivity contribution is 5.94. The van der Waals surface area contributed by atoms with E-state index in [1.165, 1.54) is 5.69 Å². The standard InChI is InChI=1S/C20H31N3O2/c1-15(2)21-9-11-22(12-10-21)19-7-5-18(6-8-19)20(24)23-13-17(4)25-14-16(23)3/h5-8,15-17H,9-14H2,1-4H3. The van der Waals surface area contributed by atoms with E-state index in [2.05, 4.69) is 35.8 Å². The average molecular weight is 345 g/mol. The molecule has 138 valence electrons. The summed E-state index contributed by atoms with van der Waals surface area (Å²) in [7, 11) is 0. The first-order valence-corrected chi connectivity index (χ1v) is 9.47. The molecule has 2 saturated heterocycles. The van der Waals surface area contributed by atoms with Crippen LogP contribution in [0, 0.1) is 0 Å². The molecule has 2 aliphatic heterocycles. The number of ether oxygens (including phenoxy) is 1. The van der Waals surface area contributed by atoms with Gasteiger partial charge in [0.25, 0.3) is 5.91 Å². The van der Waals surface area contributed by atoms with Crippen molar-refractivity contribution in [3.63, 3.8) is 0 Å². The maximum Gasteiger partial charge on any atom is 0.254 e. The zero-order valence-corrected chi connectivity index (χ0v) is 15.9. The minimum Gasteiger partial charge on any atom is -0.375 e. The van der Waals surface area contributed by atoms with E-state index in [0.29, 0.717) is 19.2 Å². The summed E-state index contributed by atoms with van der Waals surface area (Å²) >= 11 is 0. The normalized spacial score (nSPS) is 25.5. The molecule has 1 aromatic rings. The van der Waals surface area contributed by atoms with E-state index in [0.717, 1.165) is 31.7 Å². The predicted molar refractivity (Wildman–Crippen MR) is 101 cm³/mol. The van der Waals surface area contributed by atoms with Crippen molar-refractivity contribution < 1.29 is 9.53 Å². The van der Waals surface area contributed by atoms with Gasteiger partial charge < -0.3 is 14.5 Å². The van der Waals surface area contributed by atoms with Gasteiger partial charge in [-0.25, -0.2) is 0 Å². The van der Waals surface area contributed by atoms with Gasteiger partial charge in [0.2, 0.25) is 0 Å². The molecule has 2 aliphatic rings. The fourth-order valence-electron chi connectivity index (χ4n) is 3.66. The largest absolute Gasteiger partial charge is 0.375 e. The van der Waals surface area contributed by atoms with Crippen molar-refractivity contribution in [1.29, 1.82) is 0 Å². The maximum absolute atomic E-state index is 12.8. The molecule has 0 aliphatic carbocycles. The van der Waals surface area contributed by atoms with Gasteiger partial charge in [-0.15, -0.1) is 0 Å². The zero-order chi connectivity index (χ0) is 18.0. The van der Waals surface area contributed by atoms with Crippen LogP contribution in [0.4, 0.5) is 5.69 Å². The molecule has 0 N–H and O–H groups in total. The second-order valence-corrected chi connectivity index (χ2v) is 7.61. The number of benzene rings is 1. The number of nitrogens with zero attached hydrogens (tertiary/aromatic N) is 3. The molecule has 25 heavy (non-hydrogen) atoms. The highest BCUT2D eigenvalue weighted by Gasteiger charge is 2.28. The van der Waals surface area contributed by atoms with Crippen LogP contribution < -0.4 is 4.90 Å². The number of carbonyl (C=O) groups is 1. The van der Waals surface area contributed by atoms with Crippen LogP contribution in [-0.4, -0.2) is 73.2 Å². The predicted octanol–water partition coefficient (Wildman–Crippen LogP) is 2.47. The summed E-state index contributed by atoms with van der Waals surface area (Å²) in [6, 6.07) is 8.87. The fraction of sp³-hybridized carbons (Fsp3) is 0.650. The number of piperazine rings is 1. The van der Waals surface area contributed by atoms with Crippen molar-refractivity contribution in [3.05, 3.63) is 29.8 Å². The molecule has 0 aromatic heterocycles. The highest BCUT2D eigenvalue weighted by Crippen LogP contribution is 2.20. The van der Waals surface area contributed by atoms with Crippen molar-refractivity contribution in [3.8, 4) is 0 Å². The summed E-state index contributed by atoms with van der Waals surface area (Å²) < 4.78 is 5.63. The molecule has 1 aromatic carbocycles. The van der Waals surface area contributed by atoms with Gasteiger partial charge in [0.15, 0.2) is 0 Å². The number of hydrogen-bond acceptors (Lipinski definition) is 4. The second-order valence-electron chi connectivity index (χ2n) is 7.61. The summed E-state index contributed by atoms with van der Waals surface area (Å²) in [4.78, 5) is 19.7. The third-order valence-electron chi connectivity index (χ3n) is 5.39. The third-order valence-corrected chi connectivity index (χ3v) is 5.39. The van der Waals surface area contributed by atoms with E-state index in [4.69, 9.17) is 4.74 Å². The Labute approximate surface area is 151 Å². The lowest BCUT2D eigenvalue weighted by Crippen LogP contribution is -2.50. The summed E-state index contributed by atoms with van der Waals surface area (Å²) in [5.41, 5.74) is 1.98. The smallest absolute Gasteiger partial charge is 0.254 e. The van der Waals surface area contributed by atoms with E-state index >= 15 is 0 Å². The Bertz CT molecular complexity index is 579. The van der Waals surface area contributed by atoms with Crippen LogP contribution in [0.2, 0.25) is 0 Å². The van der Waals surface area contributed by atoms with Crippen LogP contribution in [0.1, 0.15) is 38.1 Å². The van der Waals surface area contributed by atoms with Crippen LogP contribution in [0.5, 0.6) is 0 Å². The minimum absolute atomic E-state index is 0.108. The molecule has 2 fully saturated rings. The number of rotatable bonds is 3. The molecule has 2 heterocycles. The highest BCUT2D eigenvalue weighted by atomic mass is 16.5. The Morgan fingerprint density at radius 3 is 2.32 bits per heavy atom. The van der Waals surface area contributed by atoms with Crippen molar-refractivity contribution in [2.75, 3.05) is 44.2 Å². The van der Waals surface area contributed by atoms with Crippen molar-refractivity contribution >= 4 is 11.6 Å². The average Bonchev–Trinajstić information content (AvgIpc) is 2.63. The van der Waals surface area contributed by atoms with Crippen molar-refractivity contribution in [1.82, 2.24) is 9.80 Å². The van der Waals surface area contributed by atoms with E-state index in [9.17, 15) is 4.79 Å². The first kappa shape index (κ1) is 18.2. The van der Waals surface area contributed by atoms with E-state index in [1.807, 2.05) is 30.9 Å². The molecule has 5 nitrogen and oxygen atoms in total. The summed E-state index contributed by atoms with van der Waals surface area (Å²) in [6.45, 7) is 14.1. The Morgan fingerprint density at radius 1 is 1.08 bits per heavy atom. The molecule has 0 radical (unpaired) electrons. The Morgan fingerprint density at radius 2 is 1.72 bits per heavy atom. The van der Waals surface area contributed by atoms with Crippen molar-refractivity contribution in [2.24, 2.45) is 0 Å². The fourth-order valence-corrected chi connectivity index (χ4v) is 3.66. The molecule has 1 amide bonds. The van der Waals surface area contributed by atoms with Crippen LogP contribution in [0.25, 0.3) is 0 Å². The molecule has 0 spiro atoms. The first-order chi connectivity index (χ1) is 12.0. The topological polar surface area (TPSA) is 36.0 Å². The zero-order valence-electron chi connectivity index (χ0n) is 15.9. The quantitative estimate of drug-likeness (QED) is 0.843. The Kier molecular flexibility index (Phi) is 5.64. The van der Waals surface area contributed by atoms with Gasteiger partial charge in [-0.05, 0) is 52.0 Å². The first-order valence-electron chi connectivity index (χ1n) is 9.47. The number of amides is 1. The number of anilines is 1. The Hall–Kier alpha value is -1.59. The lowest BCUT2D eigenvalue weighted by atomic mass is 10.1. The molecule has 3 rings (SSSR count). The maximum atomic E-state index is 12.8. The van der Waals surface area contributed by atoms with E-state index in [-0.39, 0.29) is 18.1 Å². The molecule has 0 bridgehead atoms. The van der Waals surface area contributed by atoms with Gasteiger partial charge in [-0.1, -0.05) is 0 Å². The van der Waals surface area contributed by atoms with E-state index < -0.39 is 0 Å². The van der Waals surface area contributed by atoms with Gasteiger partial charge in [0.1, 0.15) is 0 Å². The monoisotopic (exact) mass is 345 g/mol. The molecular formula is C20H31N3O2. The van der Waals surface area contributed by atoms with Crippen LogP contribution in [0.3, 0.4) is 0 Å². The summed E-state index contributed by atoms with van der Waals surface area (Å²) in [5, 5.41) is 0. The number of morpholine rings is 1. The molecule has 5 heteroatoms. The van der Waals surface area contributed by atoms with Crippen molar-refractivity contribution in [2.45, 2.75) is 45.9 Å². The lowest BCUT2D eigenvalue weighted by Gasteiger charge is -2.38. The molecule has 2 atom stereocenters. The van der Waals surface area contributed by atoms with Crippen LogP contribution >= 0.6 is 0 Å². The summed E-state index contributed by atoms with van der Waals surface area (Å²) in [5.74, 6) is 0.110. The number of carbonyl (C=O) groups excluding carboxylic acids is 1. The van der Waals surface area contributed by atoms with Gasteiger partial charge in [0.05, 0.1) is 18.8 Å². The van der Waals surface area contributed by atoms with Gasteiger partial charge in [-0.2, -0.15) is 0 Å². The summed E-state index contributed by atoms with van der Waals surface area (Å²) in [6.07, 6.45) is 0.108. The van der Waals surface area contributed by atoms with Gasteiger partial charge in [0, 0.05) is 50.0 Å². The van der Waals surface area contributed by atoms with Crippen LogP contribution in [0.15, 0.2) is 24.3 Å². The second kappa shape index (κ2) is 7.75. The number of hydrogen-bond donors (Lipinski definition) is 0. The van der Waals surface area contributed by atoms with Crippen LogP contribution in [-0.2, 0) is 4.74 Å². The van der Waals surface area contributed by atoms with Gasteiger partial charge >= 0.3 is 0 Å². The Balaban J connectivity index is 1.63. The van der Waals surface area contributed by atoms with E-state index in [1.54, 1.807) is 0 Å². The SMILES string of the molecule is CC1CN(C(=O)c2ccc(N3CCN(C(C)C)CC3)cc2)C(C)CO1. The molecule has 0 saturated carbocycles. The third kappa shape index (κ3) is 4.15. The molecular weight excluding hydrogens is 314 g/mol. The minimum atomic E-state index is 0.108. The van der Waals surface area contributed by atoms with Gasteiger partial charge in [-0.3, -0.25) is 9.69 Å².